The summed E-state index contributed by atoms with van der Waals surface area (Å²) in [6, 6.07) is 10.6. The van der Waals surface area contributed by atoms with Crippen molar-refractivity contribution in [1.82, 2.24) is 15.5 Å². The van der Waals surface area contributed by atoms with Gasteiger partial charge in [-0.2, -0.15) is 0 Å². The highest BCUT2D eigenvalue weighted by atomic mass is 19.1. The van der Waals surface area contributed by atoms with Gasteiger partial charge in [0.15, 0.2) is 5.78 Å². The number of rotatable bonds is 10. The van der Waals surface area contributed by atoms with Gasteiger partial charge >= 0.3 is 0 Å². The Morgan fingerprint density at radius 2 is 1.60 bits per heavy atom. The number of carbonyl (C=O) groups is 3. The van der Waals surface area contributed by atoms with Crippen LogP contribution in [0, 0.1) is 23.5 Å². The van der Waals surface area contributed by atoms with Gasteiger partial charge in [0.25, 0.3) is 5.91 Å². The first-order valence-corrected chi connectivity index (χ1v) is 14.6. The van der Waals surface area contributed by atoms with E-state index in [9.17, 15) is 23.2 Å². The van der Waals surface area contributed by atoms with E-state index in [1.807, 2.05) is 43.0 Å². The number of likely N-dealkylation sites (tertiary alicyclic amines) is 1. The maximum atomic E-state index is 13.8. The average molecular weight is 554 g/mol. The summed E-state index contributed by atoms with van der Waals surface area (Å²) < 4.78 is 26.8. The minimum Gasteiger partial charge on any atom is -0.342 e. The van der Waals surface area contributed by atoms with Gasteiger partial charge in [0.2, 0.25) is 5.91 Å². The molecule has 8 heteroatoms. The van der Waals surface area contributed by atoms with Crippen LogP contribution in [-0.4, -0.2) is 48.2 Å². The van der Waals surface area contributed by atoms with Crippen molar-refractivity contribution in [1.29, 1.82) is 0 Å². The molecule has 1 atom stereocenters. The van der Waals surface area contributed by atoms with Crippen molar-refractivity contribution in [3.8, 4) is 0 Å². The molecule has 1 aliphatic heterocycles. The van der Waals surface area contributed by atoms with Crippen molar-refractivity contribution in [2.45, 2.75) is 77.3 Å². The molecule has 0 bridgehead atoms. The molecule has 0 unspecified atom stereocenters. The van der Waals surface area contributed by atoms with E-state index in [1.54, 1.807) is 0 Å². The number of hydrogen-bond donors (Lipinski definition) is 2. The van der Waals surface area contributed by atoms with Gasteiger partial charge in [0, 0.05) is 42.7 Å². The van der Waals surface area contributed by atoms with Crippen LogP contribution in [0.15, 0.2) is 42.5 Å². The van der Waals surface area contributed by atoms with Crippen LogP contribution in [0.2, 0.25) is 0 Å². The van der Waals surface area contributed by atoms with E-state index in [-0.39, 0.29) is 42.5 Å². The summed E-state index contributed by atoms with van der Waals surface area (Å²) in [4.78, 5) is 40.4. The fraction of sp³-hybridized carbons (Fsp3) is 0.531. The molecule has 1 aliphatic carbocycles. The van der Waals surface area contributed by atoms with E-state index in [0.717, 1.165) is 50.2 Å². The Morgan fingerprint density at radius 3 is 2.23 bits per heavy atom. The second-order valence-corrected chi connectivity index (χ2v) is 11.5. The lowest BCUT2D eigenvalue weighted by Crippen LogP contribution is -2.48. The van der Waals surface area contributed by atoms with Gasteiger partial charge in [0.1, 0.15) is 11.6 Å². The van der Waals surface area contributed by atoms with E-state index in [2.05, 4.69) is 10.6 Å². The van der Waals surface area contributed by atoms with Gasteiger partial charge in [-0.25, -0.2) is 8.78 Å². The molecule has 40 heavy (non-hydrogen) atoms. The molecule has 2 aromatic rings. The highest BCUT2D eigenvalue weighted by Crippen LogP contribution is 2.30. The number of carbonyl (C=O) groups excluding carboxylic acids is 3. The zero-order valence-electron chi connectivity index (χ0n) is 23.6. The fourth-order valence-electron chi connectivity index (χ4n) is 5.92. The van der Waals surface area contributed by atoms with Crippen molar-refractivity contribution < 1.29 is 23.2 Å². The van der Waals surface area contributed by atoms with E-state index in [1.165, 1.54) is 18.6 Å². The highest BCUT2D eigenvalue weighted by molar-refractivity contribution is 5.98. The van der Waals surface area contributed by atoms with Crippen molar-refractivity contribution in [2.24, 2.45) is 11.8 Å². The molecule has 2 fully saturated rings. The molecule has 0 radical (unpaired) electrons. The van der Waals surface area contributed by atoms with Gasteiger partial charge in [0.05, 0.1) is 12.6 Å². The molecule has 1 saturated carbocycles. The SMILES string of the molecule is CC(C)C(=O)[C@H](NC(=O)c1ccc(C2CCN(C(=O)CNCc3ccc(F)cc3F)CC2)cc1)C1CCCCC1. The molecular formula is C32H41F2N3O3. The number of benzene rings is 2. The summed E-state index contributed by atoms with van der Waals surface area (Å²) in [5, 5.41) is 6.01. The topological polar surface area (TPSA) is 78.5 Å². The molecule has 1 heterocycles. The monoisotopic (exact) mass is 553 g/mol. The number of hydrogen-bond acceptors (Lipinski definition) is 4. The number of piperidine rings is 1. The Hall–Kier alpha value is -3.13. The van der Waals surface area contributed by atoms with Crippen LogP contribution in [0.3, 0.4) is 0 Å². The lowest BCUT2D eigenvalue weighted by Gasteiger charge is -2.32. The Kier molecular flexibility index (Phi) is 10.4. The standard InChI is InChI=1S/C32H41F2N3O3/c1-21(2)31(39)30(24-6-4-3-5-7-24)36-32(40)25-10-8-22(9-11-25)23-14-16-37(17-15-23)29(38)20-35-19-26-12-13-27(33)18-28(26)34/h8-13,18,21,23-24,30,35H,3-7,14-17,19-20H2,1-2H3,(H,36,40)/t30-/m1/s1. The Bertz CT molecular complexity index is 1170. The fourth-order valence-corrected chi connectivity index (χ4v) is 5.92. The number of nitrogens with zero attached hydrogens (tertiary/aromatic N) is 1. The maximum Gasteiger partial charge on any atom is 0.251 e. The van der Waals surface area contributed by atoms with Crippen LogP contribution in [-0.2, 0) is 16.1 Å². The zero-order valence-corrected chi connectivity index (χ0v) is 23.6. The van der Waals surface area contributed by atoms with Crippen LogP contribution >= 0.6 is 0 Å². The van der Waals surface area contributed by atoms with E-state index in [4.69, 9.17) is 0 Å². The molecule has 0 aromatic heterocycles. The normalized spacial score (nSPS) is 17.6. The molecule has 1 saturated heterocycles. The number of ketones is 1. The molecule has 2 N–H and O–H groups in total. The average Bonchev–Trinajstić information content (AvgIpc) is 2.97. The first kappa shape index (κ1) is 29.8. The molecule has 2 aromatic carbocycles. The number of nitrogens with one attached hydrogen (secondary N) is 2. The van der Waals surface area contributed by atoms with E-state index >= 15 is 0 Å². The van der Waals surface area contributed by atoms with Crippen LogP contribution < -0.4 is 10.6 Å². The number of halogens is 2. The van der Waals surface area contributed by atoms with Gasteiger partial charge in [-0.3, -0.25) is 14.4 Å². The molecule has 4 rings (SSSR count). The third kappa shape index (κ3) is 7.74. The van der Waals surface area contributed by atoms with Crippen LogP contribution in [0.5, 0.6) is 0 Å². The summed E-state index contributed by atoms with van der Waals surface area (Å²) in [7, 11) is 0. The zero-order chi connectivity index (χ0) is 28.6. The number of Topliss-reactive ketones (excluding diaryl/α,β-unsaturated/α-hetero) is 1. The summed E-state index contributed by atoms with van der Waals surface area (Å²) in [6.07, 6.45) is 6.99. The molecule has 216 valence electrons. The first-order chi connectivity index (χ1) is 19.2. The van der Waals surface area contributed by atoms with Crippen LogP contribution in [0.4, 0.5) is 8.78 Å². The van der Waals surface area contributed by atoms with Crippen LogP contribution in [0.25, 0.3) is 0 Å². The third-order valence-electron chi connectivity index (χ3n) is 8.38. The van der Waals surface area contributed by atoms with Gasteiger partial charge in [-0.1, -0.05) is 51.3 Å². The Balaban J connectivity index is 1.26. The molecule has 2 amide bonds. The minimum absolute atomic E-state index is 0.0450. The molecule has 2 aliphatic rings. The first-order valence-electron chi connectivity index (χ1n) is 14.6. The van der Waals surface area contributed by atoms with Gasteiger partial charge in [-0.15, -0.1) is 0 Å². The lowest BCUT2D eigenvalue weighted by molar-refractivity contribution is -0.131. The maximum absolute atomic E-state index is 13.8. The minimum atomic E-state index is -0.627. The van der Waals surface area contributed by atoms with Crippen molar-refractivity contribution in [3.63, 3.8) is 0 Å². The smallest absolute Gasteiger partial charge is 0.251 e. The van der Waals surface area contributed by atoms with E-state index in [0.29, 0.717) is 30.1 Å². The van der Waals surface area contributed by atoms with E-state index < -0.39 is 17.7 Å². The highest BCUT2D eigenvalue weighted by Gasteiger charge is 2.32. The lowest BCUT2D eigenvalue weighted by atomic mass is 9.80. The largest absolute Gasteiger partial charge is 0.342 e. The Morgan fingerprint density at radius 1 is 0.925 bits per heavy atom. The number of amides is 2. The van der Waals surface area contributed by atoms with Crippen molar-refractivity contribution in [2.75, 3.05) is 19.6 Å². The summed E-state index contributed by atoms with van der Waals surface area (Å²) in [6.45, 7) is 5.28. The van der Waals surface area contributed by atoms with Crippen molar-refractivity contribution in [3.05, 3.63) is 70.8 Å². The molecular weight excluding hydrogens is 512 g/mol. The molecule has 6 nitrogen and oxygen atoms in total. The quantitative estimate of drug-likeness (QED) is 0.415. The Labute approximate surface area is 235 Å². The predicted octanol–water partition coefficient (Wildman–Crippen LogP) is 5.36. The van der Waals surface area contributed by atoms with Crippen LogP contribution in [0.1, 0.15) is 86.2 Å². The second kappa shape index (κ2) is 14.0. The van der Waals surface area contributed by atoms with Gasteiger partial charge < -0.3 is 15.5 Å². The van der Waals surface area contributed by atoms with Crippen molar-refractivity contribution >= 4 is 17.6 Å². The molecule has 0 spiro atoms. The summed E-state index contributed by atoms with van der Waals surface area (Å²) >= 11 is 0. The van der Waals surface area contributed by atoms with Gasteiger partial charge in [-0.05, 0) is 61.3 Å². The predicted molar refractivity (Wildman–Crippen MR) is 151 cm³/mol. The summed E-state index contributed by atoms with van der Waals surface area (Å²) in [5.74, 6) is -1.02. The third-order valence-corrected chi connectivity index (χ3v) is 8.38. The second-order valence-electron chi connectivity index (χ2n) is 11.5. The summed E-state index contributed by atoms with van der Waals surface area (Å²) in [5.41, 5.74) is 2.01.